The third-order valence-corrected chi connectivity index (χ3v) is 6.73. The van der Waals surface area contributed by atoms with E-state index in [9.17, 15) is 8.42 Å². The van der Waals surface area contributed by atoms with E-state index in [0.717, 1.165) is 18.0 Å². The lowest BCUT2D eigenvalue weighted by Crippen LogP contribution is -2.48. The van der Waals surface area contributed by atoms with Crippen LogP contribution in [0.5, 0.6) is 0 Å². The van der Waals surface area contributed by atoms with Crippen LogP contribution >= 0.6 is 11.8 Å². The Morgan fingerprint density at radius 3 is 2.81 bits per heavy atom. The van der Waals surface area contributed by atoms with Crippen molar-refractivity contribution < 1.29 is 8.42 Å². The van der Waals surface area contributed by atoms with Crippen molar-refractivity contribution in [2.24, 2.45) is 0 Å². The maximum atomic E-state index is 12.2. The number of sulfone groups is 1. The van der Waals surface area contributed by atoms with Gasteiger partial charge >= 0.3 is 0 Å². The van der Waals surface area contributed by atoms with Crippen LogP contribution in [0.3, 0.4) is 0 Å². The van der Waals surface area contributed by atoms with Gasteiger partial charge in [0.1, 0.15) is 11.2 Å². The molecule has 1 N–H and O–H groups in total. The maximum absolute atomic E-state index is 12.2. The summed E-state index contributed by atoms with van der Waals surface area (Å²) in [6.07, 6.45) is 3.40. The summed E-state index contributed by atoms with van der Waals surface area (Å²) >= 11 is 1.68. The van der Waals surface area contributed by atoms with Crippen LogP contribution in [0, 0.1) is 0 Å². The summed E-state index contributed by atoms with van der Waals surface area (Å²) in [6, 6.07) is 0. The molecule has 1 fully saturated rings. The molecule has 1 aromatic heterocycles. The van der Waals surface area contributed by atoms with Crippen molar-refractivity contribution in [3.8, 4) is 0 Å². The Labute approximate surface area is 130 Å². The topological polar surface area (TPSA) is 75.2 Å². The van der Waals surface area contributed by atoms with Crippen molar-refractivity contribution in [2.75, 3.05) is 35.2 Å². The van der Waals surface area contributed by atoms with E-state index in [1.165, 1.54) is 0 Å². The lowest BCUT2D eigenvalue weighted by atomic mass is 10.4. The largest absolute Gasteiger partial charge is 0.337 e. The number of rotatable bonds is 6. The number of anilines is 1. The molecule has 0 radical (unpaired) electrons. The smallest absolute Gasteiger partial charge is 0.171 e. The van der Waals surface area contributed by atoms with Crippen LogP contribution in [-0.4, -0.2) is 54.1 Å². The highest BCUT2D eigenvalue weighted by molar-refractivity contribution is 8.01. The molecular formula is C13H22N4O2S2. The molecule has 1 atom stereocenters. The maximum Gasteiger partial charge on any atom is 0.171 e. The summed E-state index contributed by atoms with van der Waals surface area (Å²) in [6.45, 7) is 5.97. The van der Waals surface area contributed by atoms with Crippen molar-refractivity contribution >= 4 is 27.4 Å². The zero-order valence-corrected chi connectivity index (χ0v) is 14.1. The molecule has 1 unspecified atom stereocenters. The Hall–Kier alpha value is -0.860. The summed E-state index contributed by atoms with van der Waals surface area (Å²) < 4.78 is 24.5. The number of nitrogens with one attached hydrogen (secondary N) is 1. The van der Waals surface area contributed by atoms with Crippen LogP contribution in [0.4, 0.5) is 5.82 Å². The second kappa shape index (κ2) is 7.42. The van der Waals surface area contributed by atoms with Crippen molar-refractivity contribution in [1.29, 1.82) is 0 Å². The fraction of sp³-hybridized carbons (Fsp3) is 0.692. The molecular weight excluding hydrogens is 308 g/mol. The lowest BCUT2D eigenvalue weighted by Gasteiger charge is -2.35. The van der Waals surface area contributed by atoms with Gasteiger partial charge < -0.3 is 10.2 Å². The van der Waals surface area contributed by atoms with E-state index in [1.807, 2.05) is 11.8 Å². The van der Waals surface area contributed by atoms with E-state index in [2.05, 4.69) is 15.3 Å². The number of aromatic nitrogens is 2. The molecule has 2 heterocycles. The van der Waals surface area contributed by atoms with Crippen molar-refractivity contribution in [2.45, 2.75) is 25.8 Å². The fourth-order valence-corrected chi connectivity index (χ4v) is 5.15. The predicted octanol–water partition coefficient (Wildman–Crippen LogP) is 0.900. The summed E-state index contributed by atoms with van der Waals surface area (Å²) in [4.78, 5) is 10.6. The van der Waals surface area contributed by atoms with E-state index in [0.29, 0.717) is 24.7 Å². The molecule has 1 saturated heterocycles. The quantitative estimate of drug-likeness (QED) is 0.830. The van der Waals surface area contributed by atoms with Crippen molar-refractivity contribution in [3.63, 3.8) is 0 Å². The number of thioether (sulfide) groups is 1. The van der Waals surface area contributed by atoms with Gasteiger partial charge in [-0.25, -0.2) is 13.4 Å². The molecule has 1 aliphatic rings. The third-order valence-electron chi connectivity index (χ3n) is 3.44. The highest BCUT2D eigenvalue weighted by Gasteiger charge is 2.33. The molecule has 6 nitrogen and oxygen atoms in total. The average Bonchev–Trinajstić information content (AvgIpc) is 2.53. The van der Waals surface area contributed by atoms with Gasteiger partial charge in [0.2, 0.25) is 0 Å². The van der Waals surface area contributed by atoms with Gasteiger partial charge in [-0.05, 0) is 6.54 Å². The van der Waals surface area contributed by atoms with Crippen LogP contribution in [0.25, 0.3) is 0 Å². The lowest BCUT2D eigenvalue weighted by molar-refractivity contribution is 0.578. The first-order valence-electron chi connectivity index (χ1n) is 7.16. The molecule has 118 valence electrons. The van der Waals surface area contributed by atoms with Gasteiger partial charge in [0.15, 0.2) is 9.84 Å². The van der Waals surface area contributed by atoms with E-state index in [1.54, 1.807) is 31.1 Å². The Morgan fingerprint density at radius 1 is 1.38 bits per heavy atom. The van der Waals surface area contributed by atoms with Gasteiger partial charge in [0.05, 0.1) is 18.1 Å². The SMILES string of the molecule is CCNCc1cnc(N2CCSCC2S(=O)(=O)CC)cn1. The van der Waals surface area contributed by atoms with Crippen LogP contribution in [-0.2, 0) is 16.4 Å². The predicted molar refractivity (Wildman–Crippen MR) is 87.3 cm³/mol. The van der Waals surface area contributed by atoms with E-state index < -0.39 is 15.2 Å². The first-order chi connectivity index (χ1) is 10.1. The second-order valence-corrected chi connectivity index (χ2v) is 8.42. The zero-order chi connectivity index (χ0) is 15.3. The number of hydrogen-bond donors (Lipinski definition) is 1. The molecule has 0 amide bonds. The van der Waals surface area contributed by atoms with Crippen LogP contribution < -0.4 is 10.2 Å². The molecule has 0 bridgehead atoms. The third kappa shape index (κ3) is 4.08. The molecule has 1 aliphatic heterocycles. The Bertz CT molecular complexity index is 548. The van der Waals surface area contributed by atoms with E-state index in [4.69, 9.17) is 0 Å². The minimum absolute atomic E-state index is 0.153. The monoisotopic (exact) mass is 330 g/mol. The average molecular weight is 330 g/mol. The second-order valence-electron chi connectivity index (χ2n) is 4.82. The van der Waals surface area contributed by atoms with Gasteiger partial charge in [-0.1, -0.05) is 13.8 Å². The van der Waals surface area contributed by atoms with Gasteiger partial charge in [-0.15, -0.1) is 0 Å². The Kier molecular flexibility index (Phi) is 5.83. The molecule has 21 heavy (non-hydrogen) atoms. The van der Waals surface area contributed by atoms with Crippen molar-refractivity contribution in [3.05, 3.63) is 18.1 Å². The molecule has 0 spiro atoms. The first-order valence-corrected chi connectivity index (χ1v) is 10.0. The van der Waals surface area contributed by atoms with Crippen LogP contribution in [0.2, 0.25) is 0 Å². The Morgan fingerprint density at radius 2 is 2.19 bits per heavy atom. The summed E-state index contributed by atoms with van der Waals surface area (Å²) in [5, 5.41) is 2.70. The fourth-order valence-electron chi connectivity index (χ4n) is 2.17. The van der Waals surface area contributed by atoms with Crippen molar-refractivity contribution in [1.82, 2.24) is 15.3 Å². The minimum Gasteiger partial charge on any atom is -0.337 e. The van der Waals surface area contributed by atoms with Gasteiger partial charge in [0.25, 0.3) is 0 Å². The molecule has 2 rings (SSSR count). The first kappa shape index (κ1) is 16.5. The van der Waals surface area contributed by atoms with Gasteiger partial charge in [-0.3, -0.25) is 4.98 Å². The number of hydrogen-bond acceptors (Lipinski definition) is 7. The normalized spacial score (nSPS) is 19.7. The summed E-state index contributed by atoms with van der Waals surface area (Å²) in [7, 11) is -3.12. The standard InChI is InChI=1S/C13H22N4O2S2/c1-3-14-7-11-8-16-12(9-15-11)17-5-6-20-10-13(17)21(18,19)4-2/h8-9,13-14H,3-7,10H2,1-2H3. The summed E-state index contributed by atoms with van der Waals surface area (Å²) in [5.74, 6) is 2.31. The van der Waals surface area contributed by atoms with Crippen LogP contribution in [0.15, 0.2) is 12.4 Å². The minimum atomic E-state index is -3.12. The summed E-state index contributed by atoms with van der Waals surface area (Å²) in [5.41, 5.74) is 0.863. The highest BCUT2D eigenvalue weighted by Crippen LogP contribution is 2.25. The molecule has 8 heteroatoms. The molecule has 0 aromatic carbocycles. The zero-order valence-electron chi connectivity index (χ0n) is 12.4. The van der Waals surface area contributed by atoms with E-state index in [-0.39, 0.29) is 5.75 Å². The van der Waals surface area contributed by atoms with E-state index >= 15 is 0 Å². The highest BCUT2D eigenvalue weighted by atomic mass is 32.2. The van der Waals surface area contributed by atoms with Gasteiger partial charge in [-0.2, -0.15) is 11.8 Å². The Balaban J connectivity index is 2.17. The molecule has 1 aromatic rings. The van der Waals surface area contributed by atoms with Gasteiger partial charge in [0, 0.05) is 30.3 Å². The number of nitrogens with zero attached hydrogens (tertiary/aromatic N) is 3. The molecule has 0 saturated carbocycles. The van der Waals surface area contributed by atoms with Crippen LogP contribution in [0.1, 0.15) is 19.5 Å². The molecule has 0 aliphatic carbocycles.